The third-order valence-electron chi connectivity index (χ3n) is 7.01. The van der Waals surface area contributed by atoms with Crippen LogP contribution in [0.2, 0.25) is 0 Å². The first kappa shape index (κ1) is 31.6. The zero-order valence-electron chi connectivity index (χ0n) is 23.8. The lowest BCUT2D eigenvalue weighted by Crippen LogP contribution is -2.49. The summed E-state index contributed by atoms with van der Waals surface area (Å²) in [6.45, 7) is 0.373. The van der Waals surface area contributed by atoms with Gasteiger partial charge in [0.25, 0.3) is 10.0 Å². The predicted molar refractivity (Wildman–Crippen MR) is 153 cm³/mol. The maximum Gasteiger partial charge on any atom is 0.406 e. The number of hydrogen-bond acceptors (Lipinski definition) is 7. The quantitative estimate of drug-likeness (QED) is 0.283. The van der Waals surface area contributed by atoms with Crippen LogP contribution in [0.15, 0.2) is 41.6 Å². The number of rotatable bonds is 9. The molecule has 0 aliphatic carbocycles. The van der Waals surface area contributed by atoms with Crippen molar-refractivity contribution in [3.8, 4) is 17.6 Å². The number of piperidine rings is 1. The summed E-state index contributed by atoms with van der Waals surface area (Å²) in [5.74, 6) is 5.86. The number of aromatic nitrogens is 2. The number of likely N-dealkylation sites (tertiary alicyclic amines) is 1. The number of pyridine rings is 1. The van der Waals surface area contributed by atoms with E-state index in [9.17, 15) is 26.0 Å². The van der Waals surface area contributed by atoms with Crippen LogP contribution in [0, 0.1) is 11.8 Å². The van der Waals surface area contributed by atoms with Crippen molar-refractivity contribution in [1.82, 2.24) is 24.1 Å². The highest BCUT2D eigenvalue weighted by atomic mass is 32.2. The number of fused-ring (bicyclic) bond motifs is 1. The highest BCUT2D eigenvalue weighted by Gasteiger charge is 2.30. The topological polar surface area (TPSA) is 91.7 Å². The summed E-state index contributed by atoms with van der Waals surface area (Å²) in [5.41, 5.74) is 1.78. The second-order valence-electron chi connectivity index (χ2n) is 10.3. The molecule has 2 atom stereocenters. The molecule has 2 aromatic heterocycles. The Morgan fingerprint density at radius 3 is 2.64 bits per heavy atom. The molecule has 1 aromatic carbocycles. The van der Waals surface area contributed by atoms with Gasteiger partial charge in [-0.15, -0.1) is 0 Å². The van der Waals surface area contributed by atoms with Gasteiger partial charge in [-0.1, -0.05) is 12.0 Å². The van der Waals surface area contributed by atoms with Gasteiger partial charge in [-0.05, 0) is 49.7 Å². The molecule has 9 nitrogen and oxygen atoms in total. The fraction of sp³-hybridized carbons (Fsp3) is 0.464. The Labute approximate surface area is 242 Å². The molecule has 2 unspecified atom stereocenters. The van der Waals surface area contributed by atoms with Crippen LogP contribution in [-0.4, -0.2) is 93.5 Å². The minimum atomic E-state index is -4.46. The number of alkyl halides is 4. The van der Waals surface area contributed by atoms with Gasteiger partial charge in [0.05, 0.1) is 31.2 Å². The van der Waals surface area contributed by atoms with E-state index in [0.717, 1.165) is 21.0 Å². The molecule has 42 heavy (non-hydrogen) atoms. The van der Waals surface area contributed by atoms with Crippen molar-refractivity contribution in [1.29, 1.82) is 0 Å². The minimum Gasteiger partial charge on any atom is -0.494 e. The molecule has 0 spiro atoms. The number of halogens is 4. The Morgan fingerprint density at radius 1 is 1.21 bits per heavy atom. The van der Waals surface area contributed by atoms with E-state index in [1.807, 2.05) is 11.9 Å². The van der Waals surface area contributed by atoms with Gasteiger partial charge in [0.2, 0.25) is 0 Å². The second-order valence-corrected chi connectivity index (χ2v) is 12.4. The number of anilines is 1. The van der Waals surface area contributed by atoms with Gasteiger partial charge in [0.1, 0.15) is 18.5 Å². The van der Waals surface area contributed by atoms with Crippen LogP contribution in [-0.2, 0) is 23.1 Å². The minimum absolute atomic E-state index is 0.0293. The number of methoxy groups -OCH3 is 1. The van der Waals surface area contributed by atoms with Crippen molar-refractivity contribution in [2.75, 3.05) is 53.2 Å². The van der Waals surface area contributed by atoms with Crippen molar-refractivity contribution >= 4 is 26.6 Å². The SMILES string of the molecule is COc1cc(S(=O)(=O)N(C)C)ncc1NCC#Cc1cc2cc(CNC3CCN(C)CC3F)ccc2n1CC(F)(F)F. The fourth-order valence-electron chi connectivity index (χ4n) is 4.74. The molecule has 1 aliphatic heterocycles. The Kier molecular flexibility index (Phi) is 9.67. The number of hydrogen-bond donors (Lipinski definition) is 2. The van der Waals surface area contributed by atoms with Gasteiger partial charge in [0.15, 0.2) is 5.03 Å². The van der Waals surface area contributed by atoms with E-state index in [1.54, 1.807) is 24.3 Å². The summed E-state index contributed by atoms with van der Waals surface area (Å²) in [5, 5.41) is 6.61. The highest BCUT2D eigenvalue weighted by Crippen LogP contribution is 2.28. The summed E-state index contributed by atoms with van der Waals surface area (Å²) in [7, 11) is 2.26. The Bertz CT molecular complexity index is 1580. The standard InChI is InChI=1S/C28H34F4N6O3S/c1-36(2)42(39,40)27-14-26(41-4)24(16-35-27)33-10-5-6-21-13-20-12-19(7-8-25(20)38(21)18-28(30,31)32)15-34-23-9-11-37(3)17-22(23)29/h7-8,12-14,16,22-23,33-34H,9-11,15,17-18H2,1-4H3. The summed E-state index contributed by atoms with van der Waals surface area (Å²) >= 11 is 0. The number of nitrogens with one attached hydrogen (secondary N) is 2. The molecule has 2 N–H and O–H groups in total. The first-order chi connectivity index (χ1) is 19.8. The molecular weight excluding hydrogens is 576 g/mol. The van der Waals surface area contributed by atoms with E-state index in [1.165, 1.54) is 33.5 Å². The summed E-state index contributed by atoms with van der Waals surface area (Å²) < 4.78 is 86.9. The van der Waals surface area contributed by atoms with E-state index in [4.69, 9.17) is 4.74 Å². The largest absolute Gasteiger partial charge is 0.494 e. The van der Waals surface area contributed by atoms with Gasteiger partial charge in [-0.2, -0.15) is 13.2 Å². The number of sulfonamides is 1. The first-order valence-corrected chi connectivity index (χ1v) is 14.7. The number of benzene rings is 1. The number of ether oxygens (including phenoxy) is 1. The molecule has 0 saturated carbocycles. The van der Waals surface area contributed by atoms with Crippen LogP contribution in [0.25, 0.3) is 10.9 Å². The van der Waals surface area contributed by atoms with Crippen LogP contribution >= 0.6 is 0 Å². The van der Waals surface area contributed by atoms with Gasteiger partial charge < -0.3 is 24.8 Å². The van der Waals surface area contributed by atoms with Crippen LogP contribution in [0.4, 0.5) is 23.2 Å². The van der Waals surface area contributed by atoms with Gasteiger partial charge in [-0.3, -0.25) is 0 Å². The molecule has 14 heteroatoms. The van der Waals surface area contributed by atoms with E-state index in [0.29, 0.717) is 36.1 Å². The molecular formula is C28H34F4N6O3S. The molecule has 3 heterocycles. The Hall–Kier alpha value is -3.38. The van der Waals surface area contributed by atoms with Crippen molar-refractivity contribution in [2.24, 2.45) is 0 Å². The Morgan fingerprint density at radius 2 is 1.98 bits per heavy atom. The molecule has 1 fully saturated rings. The molecule has 1 aliphatic rings. The third kappa shape index (κ3) is 7.52. The van der Waals surface area contributed by atoms with Crippen LogP contribution in [0.5, 0.6) is 5.75 Å². The summed E-state index contributed by atoms with van der Waals surface area (Å²) in [6, 6.07) is 7.77. The van der Waals surface area contributed by atoms with Crippen LogP contribution in [0.1, 0.15) is 17.7 Å². The van der Waals surface area contributed by atoms with Gasteiger partial charge in [-0.25, -0.2) is 22.1 Å². The average molecular weight is 611 g/mol. The van der Waals surface area contributed by atoms with E-state index >= 15 is 0 Å². The molecule has 0 amide bonds. The summed E-state index contributed by atoms with van der Waals surface area (Å²) in [6.07, 6.45) is -3.48. The second kappa shape index (κ2) is 12.9. The van der Waals surface area contributed by atoms with E-state index in [-0.39, 0.29) is 29.1 Å². The average Bonchev–Trinajstić information content (AvgIpc) is 3.25. The molecule has 4 rings (SSSR count). The molecule has 3 aromatic rings. The Balaban J connectivity index is 1.52. The molecule has 0 radical (unpaired) electrons. The molecule has 228 valence electrons. The third-order valence-corrected chi connectivity index (χ3v) is 8.72. The normalized spacial score (nSPS) is 18.2. The zero-order chi connectivity index (χ0) is 30.7. The summed E-state index contributed by atoms with van der Waals surface area (Å²) in [4.78, 5) is 5.93. The maximum atomic E-state index is 14.4. The van der Waals surface area contributed by atoms with Crippen LogP contribution < -0.4 is 15.4 Å². The molecule has 0 bridgehead atoms. The van der Waals surface area contributed by atoms with E-state index in [2.05, 4.69) is 27.5 Å². The van der Waals surface area contributed by atoms with Crippen molar-refractivity contribution < 1.29 is 30.7 Å². The lowest BCUT2D eigenvalue weighted by Gasteiger charge is -2.32. The highest BCUT2D eigenvalue weighted by molar-refractivity contribution is 7.89. The maximum absolute atomic E-state index is 14.4. The van der Waals surface area contributed by atoms with Crippen molar-refractivity contribution in [3.63, 3.8) is 0 Å². The fourth-order valence-corrected chi connectivity index (χ4v) is 5.56. The van der Waals surface area contributed by atoms with Crippen LogP contribution in [0.3, 0.4) is 0 Å². The number of nitrogens with zero attached hydrogens (tertiary/aromatic N) is 4. The lowest BCUT2D eigenvalue weighted by atomic mass is 10.0. The predicted octanol–water partition coefficient (Wildman–Crippen LogP) is 3.45. The lowest BCUT2D eigenvalue weighted by molar-refractivity contribution is -0.140. The van der Waals surface area contributed by atoms with E-state index < -0.39 is 28.9 Å². The van der Waals surface area contributed by atoms with Gasteiger partial charge >= 0.3 is 6.18 Å². The zero-order valence-corrected chi connectivity index (χ0v) is 24.6. The van der Waals surface area contributed by atoms with Crippen molar-refractivity contribution in [3.05, 3.63) is 47.8 Å². The monoisotopic (exact) mass is 610 g/mol. The smallest absolute Gasteiger partial charge is 0.406 e. The van der Waals surface area contributed by atoms with Crippen molar-refractivity contribution in [2.45, 2.75) is 42.9 Å². The molecule has 1 saturated heterocycles. The van der Waals surface area contributed by atoms with Gasteiger partial charge in [0, 0.05) is 50.2 Å². The first-order valence-electron chi connectivity index (χ1n) is 13.2.